The minimum Gasteiger partial charge on any atom is -0.379 e. The van der Waals surface area contributed by atoms with Crippen LogP contribution < -0.4 is 0 Å². The summed E-state index contributed by atoms with van der Waals surface area (Å²) in [5.74, 6) is -0.867. The zero-order chi connectivity index (χ0) is 16.9. The van der Waals surface area contributed by atoms with Crippen molar-refractivity contribution >= 4 is 17.5 Å². The van der Waals surface area contributed by atoms with E-state index in [1.165, 1.54) is 12.1 Å². The molecule has 1 amide bonds. The molecule has 1 aromatic carbocycles. The second-order valence-corrected chi connectivity index (χ2v) is 6.59. The van der Waals surface area contributed by atoms with Crippen molar-refractivity contribution in [3.05, 3.63) is 34.6 Å². The van der Waals surface area contributed by atoms with Gasteiger partial charge in [-0.05, 0) is 12.1 Å². The largest absolute Gasteiger partial charge is 0.379 e. The van der Waals surface area contributed by atoms with Crippen molar-refractivity contribution in [1.29, 1.82) is 0 Å². The van der Waals surface area contributed by atoms with Crippen LogP contribution in [0.15, 0.2) is 18.2 Å². The molecule has 0 spiro atoms. The number of benzene rings is 1. The maximum Gasteiger partial charge on any atom is 0.258 e. The minimum atomic E-state index is -0.553. The van der Waals surface area contributed by atoms with E-state index in [4.69, 9.17) is 16.3 Å². The van der Waals surface area contributed by atoms with E-state index in [1.807, 2.05) is 0 Å². The molecule has 0 unspecified atom stereocenters. The monoisotopic (exact) mass is 355 g/mol. The van der Waals surface area contributed by atoms with Crippen LogP contribution in [0.4, 0.5) is 4.39 Å². The van der Waals surface area contributed by atoms with Gasteiger partial charge in [0.2, 0.25) is 0 Å². The molecule has 5 nitrogen and oxygen atoms in total. The lowest BCUT2D eigenvalue weighted by atomic mass is 10.1. The van der Waals surface area contributed by atoms with Crippen LogP contribution in [0, 0.1) is 5.82 Å². The Balaban J connectivity index is 1.48. The molecule has 0 atom stereocenters. The Labute approximate surface area is 146 Å². The number of halogens is 2. The molecule has 7 heteroatoms. The first-order valence-corrected chi connectivity index (χ1v) is 8.78. The van der Waals surface area contributed by atoms with Gasteiger partial charge in [-0.25, -0.2) is 4.39 Å². The Morgan fingerprint density at radius 3 is 2.29 bits per heavy atom. The molecule has 2 heterocycles. The molecule has 24 heavy (non-hydrogen) atoms. The summed E-state index contributed by atoms with van der Waals surface area (Å²) in [6.45, 7) is 8.44. The average Bonchev–Trinajstić information content (AvgIpc) is 2.61. The van der Waals surface area contributed by atoms with Gasteiger partial charge in [-0.15, -0.1) is 0 Å². The second kappa shape index (κ2) is 8.25. The Hall–Kier alpha value is -1.21. The highest BCUT2D eigenvalue weighted by Crippen LogP contribution is 2.21. The topological polar surface area (TPSA) is 36.0 Å². The number of ether oxygens (including phenoxy) is 1. The highest BCUT2D eigenvalue weighted by atomic mass is 35.5. The smallest absolute Gasteiger partial charge is 0.258 e. The molecule has 0 aliphatic carbocycles. The van der Waals surface area contributed by atoms with Gasteiger partial charge in [0.15, 0.2) is 0 Å². The molecule has 132 valence electrons. The van der Waals surface area contributed by atoms with E-state index in [0.29, 0.717) is 13.1 Å². The molecule has 0 saturated carbocycles. The van der Waals surface area contributed by atoms with Gasteiger partial charge in [0.1, 0.15) is 5.82 Å². The minimum absolute atomic E-state index is 0.0130. The maximum atomic E-state index is 13.9. The molecule has 0 N–H and O–H groups in total. The van der Waals surface area contributed by atoms with Crippen LogP contribution in [0.2, 0.25) is 5.02 Å². The summed E-state index contributed by atoms with van der Waals surface area (Å²) in [6.07, 6.45) is 0. The Morgan fingerprint density at radius 1 is 1.04 bits per heavy atom. The number of rotatable bonds is 4. The van der Waals surface area contributed by atoms with E-state index in [9.17, 15) is 9.18 Å². The number of carbonyl (C=O) groups is 1. The summed E-state index contributed by atoms with van der Waals surface area (Å²) in [7, 11) is 0. The molecular formula is C17H23ClFN3O2. The molecule has 2 saturated heterocycles. The lowest BCUT2D eigenvalue weighted by Gasteiger charge is -2.36. The van der Waals surface area contributed by atoms with Crippen LogP contribution in [0.25, 0.3) is 0 Å². The predicted molar refractivity (Wildman–Crippen MR) is 91.0 cm³/mol. The van der Waals surface area contributed by atoms with Crippen molar-refractivity contribution in [2.24, 2.45) is 0 Å². The van der Waals surface area contributed by atoms with Crippen LogP contribution in [0.1, 0.15) is 10.4 Å². The SMILES string of the molecule is O=C(c1c(F)cccc1Cl)N1CCN(CCN2CCOCC2)CC1. The van der Waals surface area contributed by atoms with Gasteiger partial charge in [-0.3, -0.25) is 14.6 Å². The highest BCUT2D eigenvalue weighted by Gasteiger charge is 2.26. The van der Waals surface area contributed by atoms with Crippen molar-refractivity contribution in [1.82, 2.24) is 14.7 Å². The second-order valence-electron chi connectivity index (χ2n) is 6.18. The maximum absolute atomic E-state index is 13.9. The summed E-state index contributed by atoms with van der Waals surface area (Å²) >= 11 is 5.99. The number of morpholine rings is 1. The number of carbonyl (C=O) groups excluding carboxylic acids is 1. The fourth-order valence-electron chi connectivity index (χ4n) is 3.14. The van der Waals surface area contributed by atoms with Crippen LogP contribution >= 0.6 is 11.6 Å². The van der Waals surface area contributed by atoms with Gasteiger partial charge < -0.3 is 9.64 Å². The average molecular weight is 356 g/mol. The molecule has 0 aromatic heterocycles. The van der Waals surface area contributed by atoms with E-state index < -0.39 is 5.82 Å². The van der Waals surface area contributed by atoms with Crippen LogP contribution in [0.3, 0.4) is 0 Å². The standard InChI is InChI=1S/C17H23ClFN3O2/c18-14-2-1-3-15(19)16(14)17(23)22-8-6-20(7-9-22)4-5-21-10-12-24-13-11-21/h1-3H,4-13H2. The molecule has 3 rings (SSSR count). The lowest BCUT2D eigenvalue weighted by molar-refractivity contribution is 0.0293. The summed E-state index contributed by atoms with van der Waals surface area (Å²) in [5, 5.41) is 0.176. The summed E-state index contributed by atoms with van der Waals surface area (Å²) in [4.78, 5) is 19.0. The van der Waals surface area contributed by atoms with Gasteiger partial charge >= 0.3 is 0 Å². The highest BCUT2D eigenvalue weighted by molar-refractivity contribution is 6.33. The van der Waals surface area contributed by atoms with E-state index in [1.54, 1.807) is 11.0 Å². The number of piperazine rings is 1. The predicted octanol–water partition coefficient (Wildman–Crippen LogP) is 1.57. The number of nitrogens with zero attached hydrogens (tertiary/aromatic N) is 3. The van der Waals surface area contributed by atoms with Gasteiger partial charge in [0.05, 0.1) is 23.8 Å². The van der Waals surface area contributed by atoms with Crippen LogP contribution in [-0.4, -0.2) is 86.2 Å². The molecule has 1 aromatic rings. The zero-order valence-electron chi connectivity index (χ0n) is 13.7. The van der Waals surface area contributed by atoms with Gasteiger partial charge in [-0.1, -0.05) is 17.7 Å². The molecule has 2 fully saturated rings. The van der Waals surface area contributed by atoms with Gasteiger partial charge in [-0.2, -0.15) is 0 Å². The van der Waals surface area contributed by atoms with E-state index in [2.05, 4.69) is 9.80 Å². The van der Waals surface area contributed by atoms with E-state index in [-0.39, 0.29) is 16.5 Å². The Morgan fingerprint density at radius 2 is 1.67 bits per heavy atom. The molecular weight excluding hydrogens is 333 g/mol. The molecule has 0 bridgehead atoms. The van der Waals surface area contributed by atoms with Crippen LogP contribution in [0.5, 0.6) is 0 Å². The quantitative estimate of drug-likeness (QED) is 0.821. The van der Waals surface area contributed by atoms with Gasteiger partial charge in [0, 0.05) is 52.4 Å². The third kappa shape index (κ3) is 4.25. The summed E-state index contributed by atoms with van der Waals surface area (Å²) in [5.41, 5.74) is -0.0130. The summed E-state index contributed by atoms with van der Waals surface area (Å²) in [6, 6.07) is 4.34. The lowest BCUT2D eigenvalue weighted by Crippen LogP contribution is -2.51. The first-order valence-electron chi connectivity index (χ1n) is 8.41. The molecule has 2 aliphatic heterocycles. The van der Waals surface area contributed by atoms with Crippen molar-refractivity contribution in [2.75, 3.05) is 65.6 Å². The third-order valence-electron chi connectivity index (χ3n) is 4.67. The first kappa shape index (κ1) is 17.6. The number of amides is 1. The Kier molecular flexibility index (Phi) is 6.05. The zero-order valence-corrected chi connectivity index (χ0v) is 14.5. The molecule has 0 radical (unpaired) electrons. The number of hydrogen-bond acceptors (Lipinski definition) is 4. The normalized spacial score (nSPS) is 20.3. The van der Waals surface area contributed by atoms with Crippen molar-refractivity contribution in [2.45, 2.75) is 0 Å². The van der Waals surface area contributed by atoms with E-state index >= 15 is 0 Å². The third-order valence-corrected chi connectivity index (χ3v) is 4.99. The van der Waals surface area contributed by atoms with Crippen molar-refractivity contribution in [3.63, 3.8) is 0 Å². The van der Waals surface area contributed by atoms with Gasteiger partial charge in [0.25, 0.3) is 5.91 Å². The fraction of sp³-hybridized carbons (Fsp3) is 0.588. The van der Waals surface area contributed by atoms with Crippen molar-refractivity contribution < 1.29 is 13.9 Å². The number of hydrogen-bond donors (Lipinski definition) is 0. The Bertz CT molecular complexity index is 553. The van der Waals surface area contributed by atoms with E-state index in [0.717, 1.165) is 52.5 Å². The summed E-state index contributed by atoms with van der Waals surface area (Å²) < 4.78 is 19.3. The van der Waals surface area contributed by atoms with Crippen LogP contribution in [-0.2, 0) is 4.74 Å². The first-order chi connectivity index (χ1) is 11.6. The molecule has 2 aliphatic rings. The fourth-order valence-corrected chi connectivity index (χ4v) is 3.39. The van der Waals surface area contributed by atoms with Crippen molar-refractivity contribution in [3.8, 4) is 0 Å².